The number of carbonyl (C=O) groups is 1. The minimum absolute atomic E-state index is 0.116. The Hall–Kier alpha value is -4.58. The molecule has 0 aliphatic heterocycles. The van der Waals surface area contributed by atoms with Crippen LogP contribution >= 0.6 is 0 Å². The lowest BCUT2D eigenvalue weighted by Gasteiger charge is -2.29. The van der Waals surface area contributed by atoms with E-state index in [4.69, 9.17) is 4.74 Å². The number of aromatic hydroxyl groups is 1. The number of esters is 1. The first-order valence-corrected chi connectivity index (χ1v) is 17.9. The van der Waals surface area contributed by atoms with Crippen molar-refractivity contribution in [2.45, 2.75) is 89.6 Å². The monoisotopic (exact) mass is 676 g/mol. The van der Waals surface area contributed by atoms with Gasteiger partial charge in [-0.2, -0.15) is 13.2 Å². The second kappa shape index (κ2) is 13.3. The zero-order valence-corrected chi connectivity index (χ0v) is 28.9. The molecule has 0 saturated heterocycles. The number of phenolic OH excluding ortho intramolecular Hbond substituents is 1. The zero-order valence-electron chi connectivity index (χ0n) is 28.9. The van der Waals surface area contributed by atoms with Gasteiger partial charge in [0.2, 0.25) is 0 Å². The second-order valence-corrected chi connectivity index (χ2v) is 14.7. The number of carbonyl (C=O) groups excluding carboxylic acids is 1. The lowest BCUT2D eigenvalue weighted by atomic mass is 9.77. The van der Waals surface area contributed by atoms with Gasteiger partial charge in [-0.25, -0.2) is 4.79 Å². The van der Waals surface area contributed by atoms with Gasteiger partial charge in [-0.05, 0) is 124 Å². The highest BCUT2D eigenvalue weighted by molar-refractivity contribution is 6.06. The van der Waals surface area contributed by atoms with E-state index in [-0.39, 0.29) is 11.1 Å². The molecule has 0 radical (unpaired) electrons. The molecule has 1 N–H and O–H groups in total. The largest absolute Gasteiger partial charge is 0.507 e. The van der Waals surface area contributed by atoms with E-state index in [2.05, 4.69) is 31.2 Å². The van der Waals surface area contributed by atoms with E-state index < -0.39 is 23.1 Å². The van der Waals surface area contributed by atoms with Crippen LogP contribution in [-0.2, 0) is 11.6 Å². The Labute approximate surface area is 292 Å². The van der Waals surface area contributed by atoms with Gasteiger partial charge in [0.1, 0.15) is 11.5 Å². The highest BCUT2D eigenvalue weighted by Crippen LogP contribution is 2.53. The lowest BCUT2D eigenvalue weighted by Crippen LogP contribution is -2.15. The molecule has 6 heteroatoms. The third-order valence-corrected chi connectivity index (χ3v) is 11.2. The number of phenols is 1. The topological polar surface area (TPSA) is 46.5 Å². The highest BCUT2D eigenvalue weighted by atomic mass is 19.4. The SMILES string of the molecule is CCCCCC1CCC(c2ccc(-c3ccc(OC(=O)c4ccc5c(c4)-c4c(cc(O)c6cc(C(F)(F)F)ccc46)C5(C)C)cc3)cc2)CC1. The minimum atomic E-state index is -4.54. The molecular formula is C44H43F3O3. The van der Waals surface area contributed by atoms with Gasteiger partial charge < -0.3 is 9.84 Å². The van der Waals surface area contributed by atoms with Crippen LogP contribution < -0.4 is 4.74 Å². The summed E-state index contributed by atoms with van der Waals surface area (Å²) in [5.74, 6) is 1.21. The summed E-state index contributed by atoms with van der Waals surface area (Å²) in [5, 5.41) is 11.4. The number of hydrogen-bond acceptors (Lipinski definition) is 3. The van der Waals surface area contributed by atoms with Crippen molar-refractivity contribution in [3.8, 4) is 33.8 Å². The summed E-state index contributed by atoms with van der Waals surface area (Å²) in [6.07, 6.45) is 6.05. The van der Waals surface area contributed by atoms with E-state index in [1.165, 1.54) is 63.0 Å². The predicted octanol–water partition coefficient (Wildman–Crippen LogP) is 12.6. The third-order valence-electron chi connectivity index (χ3n) is 11.2. The van der Waals surface area contributed by atoms with Crippen LogP contribution in [0.3, 0.4) is 0 Å². The van der Waals surface area contributed by atoms with Crippen LogP contribution in [0.4, 0.5) is 13.2 Å². The Balaban J connectivity index is 1.06. The Morgan fingerprint density at radius 3 is 2.14 bits per heavy atom. The fourth-order valence-corrected chi connectivity index (χ4v) is 8.23. The summed E-state index contributed by atoms with van der Waals surface area (Å²) in [5.41, 5.74) is 5.69. The fourth-order valence-electron chi connectivity index (χ4n) is 8.23. The average Bonchev–Trinajstić information content (AvgIpc) is 3.34. The molecule has 1 saturated carbocycles. The average molecular weight is 677 g/mol. The number of rotatable bonds is 8. The van der Waals surface area contributed by atoms with E-state index >= 15 is 0 Å². The van der Waals surface area contributed by atoms with Crippen molar-refractivity contribution in [2.24, 2.45) is 5.92 Å². The van der Waals surface area contributed by atoms with Gasteiger partial charge in [0.25, 0.3) is 0 Å². The van der Waals surface area contributed by atoms with Crippen molar-refractivity contribution in [2.75, 3.05) is 0 Å². The van der Waals surface area contributed by atoms with Crippen LogP contribution in [0, 0.1) is 5.92 Å². The van der Waals surface area contributed by atoms with Crippen LogP contribution in [0.1, 0.15) is 111 Å². The number of benzene rings is 5. The first-order valence-electron chi connectivity index (χ1n) is 17.9. The molecule has 2 aliphatic carbocycles. The van der Waals surface area contributed by atoms with Crippen molar-refractivity contribution in [1.29, 1.82) is 0 Å². The fraction of sp³-hybridized carbons (Fsp3) is 0.341. The van der Waals surface area contributed by atoms with E-state index in [0.29, 0.717) is 28.2 Å². The van der Waals surface area contributed by atoms with E-state index in [9.17, 15) is 23.1 Å². The third kappa shape index (κ3) is 6.41. The molecule has 5 aromatic rings. The predicted molar refractivity (Wildman–Crippen MR) is 194 cm³/mol. The Morgan fingerprint density at radius 1 is 0.800 bits per heavy atom. The summed E-state index contributed by atoms with van der Waals surface area (Å²) in [4.78, 5) is 13.4. The minimum Gasteiger partial charge on any atom is -0.507 e. The highest BCUT2D eigenvalue weighted by Gasteiger charge is 2.39. The Bertz CT molecular complexity index is 2030. The summed E-state index contributed by atoms with van der Waals surface area (Å²) >= 11 is 0. The van der Waals surface area contributed by atoms with Crippen molar-refractivity contribution >= 4 is 16.7 Å². The smallest absolute Gasteiger partial charge is 0.416 e. The van der Waals surface area contributed by atoms with Crippen LogP contribution in [0.5, 0.6) is 11.5 Å². The van der Waals surface area contributed by atoms with Gasteiger partial charge in [0.05, 0.1) is 11.1 Å². The molecule has 3 nitrogen and oxygen atoms in total. The normalized spacial score (nSPS) is 18.1. The Morgan fingerprint density at radius 2 is 1.48 bits per heavy atom. The first-order chi connectivity index (χ1) is 23.9. The first kappa shape index (κ1) is 33.9. The maximum Gasteiger partial charge on any atom is 0.416 e. The van der Waals surface area contributed by atoms with Gasteiger partial charge >= 0.3 is 12.1 Å². The summed E-state index contributed by atoms with van der Waals surface area (Å²) in [6, 6.07) is 26.7. The van der Waals surface area contributed by atoms with Crippen molar-refractivity contribution < 1.29 is 27.8 Å². The van der Waals surface area contributed by atoms with Gasteiger partial charge in [0, 0.05) is 10.8 Å². The Kier molecular flexibility index (Phi) is 9.00. The molecule has 7 rings (SSSR count). The molecule has 0 spiro atoms. The van der Waals surface area contributed by atoms with Gasteiger partial charge in [-0.3, -0.25) is 0 Å². The standard InChI is InChI=1S/C44H43F3O3/c1-4-5-6-7-27-8-10-28(11-9-27)29-12-14-30(15-13-29)31-16-20-34(21-17-31)50-42(49)32-18-23-38-37(24-32)41-35-22-19-33(44(45,46)47)25-36(35)40(48)26-39(41)43(38,2)3/h12-28,48H,4-11H2,1-3H3. The van der Waals surface area contributed by atoms with E-state index in [1.807, 2.05) is 32.0 Å². The number of fused-ring (bicyclic) bond motifs is 5. The summed E-state index contributed by atoms with van der Waals surface area (Å²) < 4.78 is 46.3. The number of ether oxygens (including phenoxy) is 1. The molecule has 1 fully saturated rings. The molecule has 0 amide bonds. The van der Waals surface area contributed by atoms with Crippen LogP contribution in [0.15, 0.2) is 91.0 Å². The lowest BCUT2D eigenvalue weighted by molar-refractivity contribution is -0.137. The molecule has 0 atom stereocenters. The molecular weight excluding hydrogens is 633 g/mol. The maximum absolute atomic E-state index is 13.5. The van der Waals surface area contributed by atoms with Gasteiger partial charge in [-0.1, -0.05) is 95.0 Å². The molecule has 2 aliphatic rings. The van der Waals surface area contributed by atoms with Crippen LogP contribution in [0.25, 0.3) is 33.0 Å². The molecule has 258 valence electrons. The zero-order chi connectivity index (χ0) is 35.2. The maximum atomic E-state index is 13.5. The van der Waals surface area contributed by atoms with Crippen molar-refractivity contribution in [3.05, 3.63) is 119 Å². The van der Waals surface area contributed by atoms with Crippen LogP contribution in [-0.4, -0.2) is 11.1 Å². The molecule has 5 aromatic carbocycles. The molecule has 0 bridgehead atoms. The summed E-state index contributed by atoms with van der Waals surface area (Å²) in [6.45, 7) is 6.27. The molecule has 0 unspecified atom stereocenters. The van der Waals surface area contributed by atoms with E-state index in [1.54, 1.807) is 30.3 Å². The molecule has 50 heavy (non-hydrogen) atoms. The van der Waals surface area contributed by atoms with E-state index in [0.717, 1.165) is 45.9 Å². The number of halogens is 3. The molecule has 0 aromatic heterocycles. The second-order valence-electron chi connectivity index (χ2n) is 14.7. The molecule has 0 heterocycles. The number of alkyl halides is 3. The van der Waals surface area contributed by atoms with Crippen LogP contribution in [0.2, 0.25) is 0 Å². The van der Waals surface area contributed by atoms with Gasteiger partial charge in [0.15, 0.2) is 0 Å². The van der Waals surface area contributed by atoms with Crippen molar-refractivity contribution in [1.82, 2.24) is 0 Å². The number of hydrogen-bond donors (Lipinski definition) is 1. The quantitative estimate of drug-likeness (QED) is 0.101. The number of unbranched alkanes of at least 4 members (excludes halogenated alkanes) is 2. The summed E-state index contributed by atoms with van der Waals surface area (Å²) in [7, 11) is 0. The van der Waals surface area contributed by atoms with Crippen molar-refractivity contribution in [3.63, 3.8) is 0 Å². The van der Waals surface area contributed by atoms with Gasteiger partial charge in [-0.15, -0.1) is 0 Å².